The molecule has 3 amide bonds. The van der Waals surface area contributed by atoms with Gasteiger partial charge in [0.1, 0.15) is 5.82 Å². The van der Waals surface area contributed by atoms with E-state index in [1.165, 1.54) is 0 Å². The van der Waals surface area contributed by atoms with Crippen LogP contribution in [0.3, 0.4) is 0 Å². The average Bonchev–Trinajstić information content (AvgIpc) is 3.09. The van der Waals surface area contributed by atoms with E-state index in [-0.39, 0.29) is 18.7 Å². The summed E-state index contributed by atoms with van der Waals surface area (Å²) in [4.78, 5) is 28.9. The van der Waals surface area contributed by atoms with Crippen molar-refractivity contribution in [3.8, 4) is 11.5 Å². The minimum Gasteiger partial charge on any atom is -0.454 e. The van der Waals surface area contributed by atoms with Crippen LogP contribution in [0, 0.1) is 0 Å². The fourth-order valence-corrected chi connectivity index (χ4v) is 2.96. The van der Waals surface area contributed by atoms with Gasteiger partial charge in [-0.2, -0.15) is 0 Å². The molecule has 0 bridgehead atoms. The van der Waals surface area contributed by atoms with Gasteiger partial charge in [0.2, 0.25) is 6.79 Å². The molecule has 1 aromatic heterocycles. The number of amides is 3. The quantitative estimate of drug-likeness (QED) is 0.785. The Morgan fingerprint density at radius 2 is 2.08 bits per heavy atom. The molecule has 1 unspecified atom stereocenters. The second-order valence-corrected chi connectivity index (χ2v) is 5.85. The molecule has 3 N–H and O–H groups in total. The molecule has 0 radical (unpaired) electrons. The van der Waals surface area contributed by atoms with Crippen LogP contribution in [0.5, 0.6) is 11.5 Å². The molecule has 2 aliphatic heterocycles. The first kappa shape index (κ1) is 15.9. The Hall–Kier alpha value is -3.55. The normalized spacial score (nSPS) is 18.2. The molecule has 132 valence electrons. The van der Waals surface area contributed by atoms with Gasteiger partial charge in [0.05, 0.1) is 11.6 Å². The molecule has 3 heterocycles. The number of pyridine rings is 1. The summed E-state index contributed by atoms with van der Waals surface area (Å²) in [5.74, 6) is 1.29. The lowest BCUT2D eigenvalue weighted by molar-refractivity contribution is -0.113. The zero-order valence-electron chi connectivity index (χ0n) is 13.9. The number of rotatable bonds is 3. The van der Waals surface area contributed by atoms with E-state index in [1.54, 1.807) is 49.5 Å². The molecule has 0 spiro atoms. The summed E-state index contributed by atoms with van der Waals surface area (Å²) in [7, 11) is 0. The van der Waals surface area contributed by atoms with Crippen LogP contribution >= 0.6 is 0 Å². The van der Waals surface area contributed by atoms with Crippen molar-refractivity contribution in [1.29, 1.82) is 0 Å². The molecular formula is C18H16N4O4. The molecule has 2 aliphatic rings. The van der Waals surface area contributed by atoms with E-state index in [0.717, 1.165) is 5.56 Å². The Morgan fingerprint density at radius 1 is 1.23 bits per heavy atom. The number of hydrogen-bond acceptors (Lipinski definition) is 5. The van der Waals surface area contributed by atoms with Gasteiger partial charge in [-0.15, -0.1) is 0 Å². The van der Waals surface area contributed by atoms with Crippen LogP contribution in [-0.4, -0.2) is 23.7 Å². The van der Waals surface area contributed by atoms with Crippen LogP contribution in [0.1, 0.15) is 18.5 Å². The van der Waals surface area contributed by atoms with Crippen molar-refractivity contribution in [2.24, 2.45) is 0 Å². The van der Waals surface area contributed by atoms with Gasteiger partial charge < -0.3 is 25.4 Å². The molecule has 1 atom stereocenters. The molecule has 2 aromatic rings. The lowest BCUT2D eigenvalue weighted by Gasteiger charge is -2.28. The smallest absolute Gasteiger partial charge is 0.319 e. The Labute approximate surface area is 149 Å². The number of allylic oxidation sites excluding steroid dienone is 1. The van der Waals surface area contributed by atoms with Gasteiger partial charge >= 0.3 is 6.03 Å². The van der Waals surface area contributed by atoms with Crippen LogP contribution in [0.15, 0.2) is 53.9 Å². The number of nitrogens with zero attached hydrogens (tertiary/aromatic N) is 1. The minimum absolute atomic E-state index is 0.152. The number of benzene rings is 1. The fraction of sp³-hybridized carbons (Fsp3) is 0.167. The van der Waals surface area contributed by atoms with Gasteiger partial charge in [-0.3, -0.25) is 4.79 Å². The van der Waals surface area contributed by atoms with Gasteiger partial charge in [-0.05, 0) is 36.8 Å². The molecule has 8 heteroatoms. The Kier molecular flexibility index (Phi) is 3.92. The molecule has 4 rings (SSSR count). The Balaban J connectivity index is 1.68. The van der Waals surface area contributed by atoms with Crippen LogP contribution in [0.25, 0.3) is 0 Å². The molecule has 0 fully saturated rings. The van der Waals surface area contributed by atoms with Crippen molar-refractivity contribution in [2.45, 2.75) is 13.0 Å². The van der Waals surface area contributed by atoms with Crippen LogP contribution in [0.2, 0.25) is 0 Å². The highest BCUT2D eigenvalue weighted by Gasteiger charge is 2.32. The summed E-state index contributed by atoms with van der Waals surface area (Å²) >= 11 is 0. The van der Waals surface area contributed by atoms with Crippen molar-refractivity contribution < 1.29 is 19.1 Å². The van der Waals surface area contributed by atoms with Crippen LogP contribution < -0.4 is 25.4 Å². The van der Waals surface area contributed by atoms with E-state index in [1.807, 2.05) is 0 Å². The zero-order chi connectivity index (χ0) is 18.1. The number of nitrogens with one attached hydrogen (secondary N) is 3. The van der Waals surface area contributed by atoms with E-state index in [4.69, 9.17) is 9.47 Å². The molecule has 8 nitrogen and oxygen atoms in total. The van der Waals surface area contributed by atoms with Crippen molar-refractivity contribution in [3.63, 3.8) is 0 Å². The summed E-state index contributed by atoms with van der Waals surface area (Å²) in [5, 5.41) is 8.18. The lowest BCUT2D eigenvalue weighted by Crippen LogP contribution is -2.46. The van der Waals surface area contributed by atoms with Gasteiger partial charge in [0.25, 0.3) is 5.91 Å². The van der Waals surface area contributed by atoms with Crippen molar-refractivity contribution >= 4 is 17.8 Å². The summed E-state index contributed by atoms with van der Waals surface area (Å²) < 4.78 is 10.7. The maximum atomic E-state index is 12.8. The zero-order valence-corrected chi connectivity index (χ0v) is 13.9. The van der Waals surface area contributed by atoms with Crippen LogP contribution in [0.4, 0.5) is 10.6 Å². The molecule has 0 saturated carbocycles. The van der Waals surface area contributed by atoms with Gasteiger partial charge in [0.15, 0.2) is 11.5 Å². The number of hydrogen-bond donors (Lipinski definition) is 3. The first-order valence-electron chi connectivity index (χ1n) is 8.02. The third-order valence-electron chi connectivity index (χ3n) is 4.15. The number of fused-ring (bicyclic) bond motifs is 1. The van der Waals surface area contributed by atoms with E-state index in [9.17, 15) is 9.59 Å². The highest BCUT2D eigenvalue weighted by molar-refractivity contribution is 6.06. The Morgan fingerprint density at radius 3 is 2.88 bits per heavy atom. The van der Waals surface area contributed by atoms with E-state index >= 15 is 0 Å². The third kappa shape index (κ3) is 2.92. The first-order valence-corrected chi connectivity index (χ1v) is 8.02. The maximum absolute atomic E-state index is 12.8. The van der Waals surface area contributed by atoms with E-state index in [2.05, 4.69) is 20.9 Å². The summed E-state index contributed by atoms with van der Waals surface area (Å²) in [5.41, 5.74) is 1.59. The monoisotopic (exact) mass is 352 g/mol. The van der Waals surface area contributed by atoms with Gasteiger partial charge in [-0.25, -0.2) is 9.78 Å². The number of carbonyl (C=O) groups is 2. The van der Waals surface area contributed by atoms with Gasteiger partial charge in [0, 0.05) is 11.9 Å². The second-order valence-electron chi connectivity index (χ2n) is 5.85. The second kappa shape index (κ2) is 6.40. The van der Waals surface area contributed by atoms with Crippen molar-refractivity contribution in [2.75, 3.05) is 12.1 Å². The number of ether oxygens (including phenoxy) is 2. The molecule has 1 aromatic carbocycles. The highest BCUT2D eigenvalue weighted by Crippen LogP contribution is 2.36. The number of carbonyl (C=O) groups excluding carboxylic acids is 2. The summed E-state index contributed by atoms with van der Waals surface area (Å²) in [6.45, 7) is 1.84. The fourth-order valence-electron chi connectivity index (χ4n) is 2.96. The third-order valence-corrected chi connectivity index (χ3v) is 4.15. The van der Waals surface area contributed by atoms with Gasteiger partial charge in [-0.1, -0.05) is 12.1 Å². The molecule has 0 aliphatic carbocycles. The topological polar surface area (TPSA) is 102 Å². The molecule has 0 saturated heterocycles. The maximum Gasteiger partial charge on any atom is 0.319 e. The van der Waals surface area contributed by atoms with Crippen molar-refractivity contribution in [3.05, 3.63) is 59.4 Å². The van der Waals surface area contributed by atoms with Crippen LogP contribution in [-0.2, 0) is 4.79 Å². The SMILES string of the molecule is CC1=C(C(=O)Nc2ccccn2)C(c2ccc3c(c2)OCO3)NC(=O)N1. The predicted molar refractivity (Wildman–Crippen MR) is 92.5 cm³/mol. The van der Waals surface area contributed by atoms with Crippen molar-refractivity contribution in [1.82, 2.24) is 15.6 Å². The largest absolute Gasteiger partial charge is 0.454 e. The van der Waals surface area contributed by atoms with E-state index in [0.29, 0.717) is 28.6 Å². The standard InChI is InChI=1S/C18H16N4O4/c1-10-15(17(23)21-14-4-2-3-7-19-14)16(22-18(24)20-10)11-5-6-12-13(8-11)26-9-25-12/h2-8,16H,9H2,1H3,(H,19,21,23)(H2,20,22,24). The lowest BCUT2D eigenvalue weighted by atomic mass is 9.94. The Bertz CT molecular complexity index is 911. The molecular weight excluding hydrogens is 336 g/mol. The number of urea groups is 1. The highest BCUT2D eigenvalue weighted by atomic mass is 16.7. The minimum atomic E-state index is -0.623. The predicted octanol–water partition coefficient (Wildman–Crippen LogP) is 2.08. The number of anilines is 1. The summed E-state index contributed by atoms with van der Waals surface area (Å²) in [6.07, 6.45) is 1.59. The van der Waals surface area contributed by atoms with E-state index < -0.39 is 6.04 Å². The number of aromatic nitrogens is 1. The first-order chi connectivity index (χ1) is 12.6. The summed E-state index contributed by atoms with van der Waals surface area (Å²) in [6, 6.07) is 9.55. The average molecular weight is 352 g/mol. The molecule has 26 heavy (non-hydrogen) atoms.